The van der Waals surface area contributed by atoms with Gasteiger partial charge < -0.3 is 24.9 Å². The van der Waals surface area contributed by atoms with E-state index in [4.69, 9.17) is 9.15 Å². The third-order valence-corrected chi connectivity index (χ3v) is 3.41. The van der Waals surface area contributed by atoms with E-state index < -0.39 is 6.10 Å². The quantitative estimate of drug-likeness (QED) is 0.446. The second-order valence-corrected chi connectivity index (χ2v) is 5.61. The van der Waals surface area contributed by atoms with Crippen LogP contribution in [0.1, 0.15) is 25.5 Å². The van der Waals surface area contributed by atoms with Crippen LogP contribution in [0.25, 0.3) is 0 Å². The Morgan fingerprint density at radius 1 is 1.50 bits per heavy atom. The molecule has 0 amide bonds. The van der Waals surface area contributed by atoms with Crippen LogP contribution >= 0.6 is 0 Å². The zero-order valence-electron chi connectivity index (χ0n) is 13.3. The van der Waals surface area contributed by atoms with Crippen LogP contribution in [0.3, 0.4) is 0 Å². The van der Waals surface area contributed by atoms with Crippen molar-refractivity contribution < 1.29 is 14.3 Å². The van der Waals surface area contributed by atoms with Gasteiger partial charge in [-0.1, -0.05) is 0 Å². The predicted octanol–water partition coefficient (Wildman–Crippen LogP) is 1.16. The molecule has 0 bridgehead atoms. The molecule has 1 aromatic heterocycles. The number of furan rings is 1. The predicted molar refractivity (Wildman–Crippen MR) is 85.9 cm³/mol. The summed E-state index contributed by atoms with van der Waals surface area (Å²) < 4.78 is 10.8. The van der Waals surface area contributed by atoms with Gasteiger partial charge >= 0.3 is 0 Å². The van der Waals surface area contributed by atoms with Gasteiger partial charge in [-0.3, -0.25) is 4.99 Å². The van der Waals surface area contributed by atoms with Crippen molar-refractivity contribution in [3.63, 3.8) is 0 Å². The fourth-order valence-corrected chi connectivity index (χ4v) is 2.01. The molecule has 6 heteroatoms. The molecule has 22 heavy (non-hydrogen) atoms. The summed E-state index contributed by atoms with van der Waals surface area (Å²) in [6, 6.07) is 3.83. The molecule has 1 aliphatic rings. The highest BCUT2D eigenvalue weighted by atomic mass is 16.5. The van der Waals surface area contributed by atoms with Gasteiger partial charge in [0.25, 0.3) is 0 Å². The van der Waals surface area contributed by atoms with Gasteiger partial charge in [-0.15, -0.1) is 0 Å². The lowest BCUT2D eigenvalue weighted by Gasteiger charge is -2.13. The maximum atomic E-state index is 9.87. The summed E-state index contributed by atoms with van der Waals surface area (Å²) in [6.45, 7) is 4.97. The van der Waals surface area contributed by atoms with E-state index in [1.54, 1.807) is 6.26 Å². The summed E-state index contributed by atoms with van der Waals surface area (Å²) in [4.78, 5) is 4.38. The summed E-state index contributed by atoms with van der Waals surface area (Å²) >= 11 is 0. The van der Waals surface area contributed by atoms with E-state index in [1.165, 1.54) is 12.8 Å². The highest BCUT2D eigenvalue weighted by Crippen LogP contribution is 2.28. The lowest BCUT2D eigenvalue weighted by Crippen LogP contribution is -2.39. The van der Waals surface area contributed by atoms with Gasteiger partial charge in [0.05, 0.1) is 25.5 Å². The molecular formula is C16H27N3O3. The number of hydrogen-bond donors (Lipinski definition) is 3. The Labute approximate surface area is 132 Å². The summed E-state index contributed by atoms with van der Waals surface area (Å²) in [7, 11) is 0. The van der Waals surface area contributed by atoms with Crippen molar-refractivity contribution in [3.8, 4) is 0 Å². The third kappa shape index (κ3) is 6.95. The molecule has 1 aromatic rings. The Hall–Kier alpha value is -1.53. The number of hydrogen-bond acceptors (Lipinski definition) is 4. The minimum Gasteiger partial charge on any atom is -0.469 e. The molecule has 0 aliphatic heterocycles. The van der Waals surface area contributed by atoms with E-state index in [9.17, 15) is 5.11 Å². The van der Waals surface area contributed by atoms with E-state index in [0.717, 1.165) is 37.8 Å². The maximum Gasteiger partial charge on any atom is 0.191 e. The molecule has 1 aliphatic carbocycles. The molecule has 0 spiro atoms. The van der Waals surface area contributed by atoms with E-state index in [-0.39, 0.29) is 0 Å². The maximum absolute atomic E-state index is 9.87. The van der Waals surface area contributed by atoms with Crippen molar-refractivity contribution in [1.29, 1.82) is 0 Å². The normalized spacial score (nSPS) is 16.5. The fourth-order valence-electron chi connectivity index (χ4n) is 2.01. The lowest BCUT2D eigenvalue weighted by molar-refractivity contribution is 0.0368. The molecule has 6 nitrogen and oxygen atoms in total. The largest absolute Gasteiger partial charge is 0.469 e. The van der Waals surface area contributed by atoms with Crippen LogP contribution in [0.4, 0.5) is 0 Å². The van der Waals surface area contributed by atoms with Gasteiger partial charge in [0, 0.05) is 26.1 Å². The van der Waals surface area contributed by atoms with Crippen LogP contribution in [-0.2, 0) is 11.2 Å². The van der Waals surface area contributed by atoms with E-state index in [1.807, 2.05) is 19.1 Å². The van der Waals surface area contributed by atoms with E-state index >= 15 is 0 Å². The molecule has 1 fully saturated rings. The minimum atomic E-state index is -0.556. The molecule has 3 N–H and O–H groups in total. The SMILES string of the molecule is CCNC(=NCC(O)COCC1CC1)NCCc1ccco1. The summed E-state index contributed by atoms with van der Waals surface area (Å²) in [5.41, 5.74) is 0. The molecule has 0 saturated heterocycles. The van der Waals surface area contributed by atoms with Crippen molar-refractivity contribution in [2.24, 2.45) is 10.9 Å². The Morgan fingerprint density at radius 3 is 3.05 bits per heavy atom. The number of nitrogens with zero attached hydrogens (tertiary/aromatic N) is 1. The summed E-state index contributed by atoms with van der Waals surface area (Å²) in [6.07, 6.45) is 4.44. The standard InChI is InChI=1S/C16H27N3O3/c1-2-17-16(18-8-7-15-4-3-9-22-15)19-10-14(20)12-21-11-13-5-6-13/h3-4,9,13-14,20H,2,5-8,10-12H2,1H3,(H2,17,18,19). The van der Waals surface area contributed by atoms with Gasteiger partial charge in [0.2, 0.25) is 0 Å². The van der Waals surface area contributed by atoms with Gasteiger partial charge in [0.15, 0.2) is 5.96 Å². The lowest BCUT2D eigenvalue weighted by atomic mass is 10.3. The number of aliphatic imine (C=N–C) groups is 1. The molecule has 1 heterocycles. The van der Waals surface area contributed by atoms with Crippen molar-refractivity contribution >= 4 is 5.96 Å². The van der Waals surface area contributed by atoms with Crippen LogP contribution in [0, 0.1) is 5.92 Å². The van der Waals surface area contributed by atoms with Crippen LogP contribution in [0.2, 0.25) is 0 Å². The number of aliphatic hydroxyl groups excluding tert-OH is 1. The average molecular weight is 309 g/mol. The molecule has 1 unspecified atom stereocenters. The Kier molecular flexibility index (Phi) is 7.25. The molecule has 2 rings (SSSR count). The van der Waals surface area contributed by atoms with Gasteiger partial charge in [-0.05, 0) is 37.8 Å². The van der Waals surface area contributed by atoms with Gasteiger partial charge in [-0.25, -0.2) is 0 Å². The first-order valence-corrected chi connectivity index (χ1v) is 8.08. The van der Waals surface area contributed by atoms with Crippen LogP contribution < -0.4 is 10.6 Å². The molecule has 1 saturated carbocycles. The van der Waals surface area contributed by atoms with Crippen molar-refractivity contribution in [3.05, 3.63) is 24.2 Å². The van der Waals surface area contributed by atoms with Crippen molar-refractivity contribution in [2.45, 2.75) is 32.3 Å². The highest BCUT2D eigenvalue weighted by molar-refractivity contribution is 5.79. The highest BCUT2D eigenvalue weighted by Gasteiger charge is 2.21. The second kappa shape index (κ2) is 9.48. The van der Waals surface area contributed by atoms with Crippen LogP contribution in [-0.4, -0.2) is 50.0 Å². The molecular weight excluding hydrogens is 282 g/mol. The fraction of sp³-hybridized carbons (Fsp3) is 0.688. The number of ether oxygens (including phenoxy) is 1. The first kappa shape index (κ1) is 16.8. The molecule has 0 radical (unpaired) electrons. The Morgan fingerprint density at radius 2 is 2.36 bits per heavy atom. The van der Waals surface area contributed by atoms with Gasteiger partial charge in [0.1, 0.15) is 5.76 Å². The topological polar surface area (TPSA) is 79.0 Å². The van der Waals surface area contributed by atoms with E-state index in [2.05, 4.69) is 15.6 Å². The molecule has 124 valence electrons. The average Bonchev–Trinajstić information content (AvgIpc) is 3.18. The summed E-state index contributed by atoms with van der Waals surface area (Å²) in [5, 5.41) is 16.3. The Bertz CT molecular complexity index is 430. The molecule has 0 aromatic carbocycles. The number of aliphatic hydroxyl groups is 1. The van der Waals surface area contributed by atoms with Gasteiger partial charge in [-0.2, -0.15) is 0 Å². The van der Waals surface area contributed by atoms with Crippen LogP contribution in [0.5, 0.6) is 0 Å². The zero-order valence-corrected chi connectivity index (χ0v) is 13.3. The number of rotatable bonds is 10. The van der Waals surface area contributed by atoms with Crippen LogP contribution in [0.15, 0.2) is 27.8 Å². The zero-order chi connectivity index (χ0) is 15.6. The minimum absolute atomic E-state index is 0.334. The Balaban J connectivity index is 1.63. The first-order chi connectivity index (χ1) is 10.8. The second-order valence-electron chi connectivity index (χ2n) is 5.61. The van der Waals surface area contributed by atoms with E-state index in [0.29, 0.717) is 19.1 Å². The smallest absolute Gasteiger partial charge is 0.191 e. The number of guanidine groups is 1. The number of nitrogens with one attached hydrogen (secondary N) is 2. The monoisotopic (exact) mass is 309 g/mol. The molecule has 1 atom stereocenters. The van der Waals surface area contributed by atoms with Crippen molar-refractivity contribution in [2.75, 3.05) is 32.8 Å². The summed E-state index contributed by atoms with van der Waals surface area (Å²) in [5.74, 6) is 2.36. The first-order valence-electron chi connectivity index (χ1n) is 8.08. The third-order valence-electron chi connectivity index (χ3n) is 3.41. The van der Waals surface area contributed by atoms with Crippen molar-refractivity contribution in [1.82, 2.24) is 10.6 Å².